The first-order chi connectivity index (χ1) is 8.15. The van der Waals surface area contributed by atoms with E-state index in [0.717, 1.165) is 18.0 Å². The molecule has 17 heavy (non-hydrogen) atoms. The van der Waals surface area contributed by atoms with Crippen LogP contribution in [0.5, 0.6) is 0 Å². The molecule has 0 aliphatic heterocycles. The zero-order chi connectivity index (χ0) is 12.3. The standard InChI is InChI=1S/C12H18N2O2S/c1-14(7-6-12(15)16)8-11-13-9-4-2-3-5-10(9)17-11/h2-8H2,1H3,(H,15,16). The van der Waals surface area contributed by atoms with E-state index in [1.165, 1.54) is 29.8 Å². The summed E-state index contributed by atoms with van der Waals surface area (Å²) in [6.45, 7) is 1.35. The van der Waals surface area contributed by atoms with Crippen LogP contribution < -0.4 is 0 Å². The van der Waals surface area contributed by atoms with Crippen molar-refractivity contribution in [2.45, 2.75) is 38.6 Å². The van der Waals surface area contributed by atoms with E-state index in [9.17, 15) is 4.79 Å². The third-order valence-electron chi connectivity index (χ3n) is 3.00. The summed E-state index contributed by atoms with van der Waals surface area (Å²) in [4.78, 5) is 18.6. The van der Waals surface area contributed by atoms with Crippen LogP contribution in [-0.2, 0) is 24.2 Å². The minimum absolute atomic E-state index is 0.196. The number of aryl methyl sites for hydroxylation is 2. The van der Waals surface area contributed by atoms with Crippen molar-refractivity contribution < 1.29 is 9.90 Å². The average Bonchev–Trinajstić information content (AvgIpc) is 2.68. The van der Waals surface area contributed by atoms with Gasteiger partial charge in [-0.05, 0) is 32.7 Å². The Hall–Kier alpha value is -0.940. The van der Waals surface area contributed by atoms with Crippen LogP contribution in [0.15, 0.2) is 0 Å². The van der Waals surface area contributed by atoms with Crippen LogP contribution in [0.3, 0.4) is 0 Å². The van der Waals surface area contributed by atoms with Crippen LogP contribution in [0, 0.1) is 0 Å². The lowest BCUT2D eigenvalue weighted by Gasteiger charge is -2.12. The molecule has 94 valence electrons. The van der Waals surface area contributed by atoms with E-state index in [-0.39, 0.29) is 6.42 Å². The van der Waals surface area contributed by atoms with E-state index in [0.29, 0.717) is 6.54 Å². The molecule has 1 heterocycles. The molecule has 1 aliphatic carbocycles. The number of thiazole rings is 1. The predicted octanol–water partition coefficient (Wildman–Crippen LogP) is 1.93. The third-order valence-corrected chi connectivity index (χ3v) is 4.14. The second kappa shape index (κ2) is 5.60. The summed E-state index contributed by atoms with van der Waals surface area (Å²) in [5.74, 6) is -0.740. The maximum absolute atomic E-state index is 10.5. The van der Waals surface area contributed by atoms with Crippen LogP contribution in [0.2, 0.25) is 0 Å². The summed E-state index contributed by atoms with van der Waals surface area (Å²) in [6, 6.07) is 0. The highest BCUT2D eigenvalue weighted by molar-refractivity contribution is 7.11. The summed E-state index contributed by atoms with van der Waals surface area (Å²) in [5, 5.41) is 9.75. The van der Waals surface area contributed by atoms with Gasteiger partial charge in [0, 0.05) is 11.4 Å². The average molecular weight is 254 g/mol. The SMILES string of the molecule is CN(CCC(=O)O)Cc1nc2c(s1)CCCC2. The van der Waals surface area contributed by atoms with E-state index in [4.69, 9.17) is 5.11 Å². The minimum atomic E-state index is -0.740. The highest BCUT2D eigenvalue weighted by atomic mass is 32.1. The van der Waals surface area contributed by atoms with Crippen LogP contribution in [0.1, 0.15) is 34.8 Å². The van der Waals surface area contributed by atoms with E-state index in [1.807, 2.05) is 11.9 Å². The number of hydrogen-bond acceptors (Lipinski definition) is 4. The fourth-order valence-corrected chi connectivity index (χ4v) is 3.31. The van der Waals surface area contributed by atoms with Crippen molar-refractivity contribution in [3.63, 3.8) is 0 Å². The first-order valence-corrected chi connectivity index (χ1v) is 6.84. The van der Waals surface area contributed by atoms with Gasteiger partial charge in [-0.15, -0.1) is 11.3 Å². The Morgan fingerprint density at radius 2 is 2.24 bits per heavy atom. The quantitative estimate of drug-likeness (QED) is 0.872. The summed E-state index contributed by atoms with van der Waals surface area (Å²) < 4.78 is 0. The molecule has 0 aromatic carbocycles. The summed E-state index contributed by atoms with van der Waals surface area (Å²) in [7, 11) is 1.95. The van der Waals surface area contributed by atoms with Gasteiger partial charge in [0.1, 0.15) is 5.01 Å². The van der Waals surface area contributed by atoms with Crippen molar-refractivity contribution in [1.82, 2.24) is 9.88 Å². The predicted molar refractivity (Wildman–Crippen MR) is 67.3 cm³/mol. The molecule has 0 saturated heterocycles. The Bertz CT molecular complexity index is 380. The number of carboxylic acid groups (broad SMARTS) is 1. The monoisotopic (exact) mass is 254 g/mol. The third kappa shape index (κ3) is 3.51. The first-order valence-electron chi connectivity index (χ1n) is 6.03. The normalized spacial score (nSPS) is 14.9. The number of aliphatic carboxylic acids is 1. The van der Waals surface area contributed by atoms with Crippen molar-refractivity contribution in [2.75, 3.05) is 13.6 Å². The number of fused-ring (bicyclic) bond motifs is 1. The number of carbonyl (C=O) groups is 1. The Morgan fingerprint density at radius 1 is 1.47 bits per heavy atom. The Morgan fingerprint density at radius 3 is 2.94 bits per heavy atom. The zero-order valence-corrected chi connectivity index (χ0v) is 10.9. The molecule has 0 unspecified atom stereocenters. The van der Waals surface area contributed by atoms with Gasteiger partial charge in [0.15, 0.2) is 0 Å². The lowest BCUT2D eigenvalue weighted by Crippen LogP contribution is -2.21. The molecular weight excluding hydrogens is 236 g/mol. The molecule has 2 rings (SSSR count). The van der Waals surface area contributed by atoms with E-state index < -0.39 is 5.97 Å². The van der Waals surface area contributed by atoms with Crippen LogP contribution >= 0.6 is 11.3 Å². The highest BCUT2D eigenvalue weighted by Crippen LogP contribution is 2.27. The van der Waals surface area contributed by atoms with Gasteiger partial charge in [-0.2, -0.15) is 0 Å². The van der Waals surface area contributed by atoms with E-state index >= 15 is 0 Å². The molecule has 1 N–H and O–H groups in total. The van der Waals surface area contributed by atoms with Gasteiger partial charge in [0.2, 0.25) is 0 Å². The second-order valence-corrected chi connectivity index (χ2v) is 5.73. The van der Waals surface area contributed by atoms with Crippen LogP contribution in [0.4, 0.5) is 0 Å². The van der Waals surface area contributed by atoms with Gasteiger partial charge in [-0.1, -0.05) is 0 Å². The molecule has 0 spiro atoms. The van der Waals surface area contributed by atoms with E-state index in [1.54, 1.807) is 11.3 Å². The summed E-state index contributed by atoms with van der Waals surface area (Å²) in [5.41, 5.74) is 1.28. The lowest BCUT2D eigenvalue weighted by molar-refractivity contribution is -0.137. The molecule has 5 heteroatoms. The molecule has 1 aliphatic rings. The fourth-order valence-electron chi connectivity index (χ4n) is 2.07. The van der Waals surface area contributed by atoms with E-state index in [2.05, 4.69) is 4.98 Å². The molecule has 0 bridgehead atoms. The number of carboxylic acids is 1. The highest BCUT2D eigenvalue weighted by Gasteiger charge is 2.15. The van der Waals surface area contributed by atoms with Gasteiger partial charge >= 0.3 is 5.97 Å². The van der Waals surface area contributed by atoms with Gasteiger partial charge in [-0.25, -0.2) is 4.98 Å². The van der Waals surface area contributed by atoms with Crippen molar-refractivity contribution >= 4 is 17.3 Å². The Kier molecular flexibility index (Phi) is 4.12. The van der Waals surface area contributed by atoms with Crippen LogP contribution in [0.25, 0.3) is 0 Å². The molecule has 0 amide bonds. The fraction of sp³-hybridized carbons (Fsp3) is 0.667. The second-order valence-electron chi connectivity index (χ2n) is 4.57. The molecule has 0 fully saturated rings. The van der Waals surface area contributed by atoms with Crippen molar-refractivity contribution in [3.05, 3.63) is 15.6 Å². The smallest absolute Gasteiger partial charge is 0.304 e. The molecule has 1 aromatic rings. The minimum Gasteiger partial charge on any atom is -0.481 e. The van der Waals surface area contributed by atoms with Crippen molar-refractivity contribution in [2.24, 2.45) is 0 Å². The number of aromatic nitrogens is 1. The number of rotatable bonds is 5. The maximum Gasteiger partial charge on any atom is 0.304 e. The first kappa shape index (κ1) is 12.5. The number of hydrogen-bond donors (Lipinski definition) is 1. The van der Waals surface area contributed by atoms with Crippen molar-refractivity contribution in [1.29, 1.82) is 0 Å². The maximum atomic E-state index is 10.5. The van der Waals surface area contributed by atoms with Crippen molar-refractivity contribution in [3.8, 4) is 0 Å². The van der Waals surface area contributed by atoms with Gasteiger partial charge in [0.05, 0.1) is 18.7 Å². The molecule has 0 saturated carbocycles. The summed E-state index contributed by atoms with van der Waals surface area (Å²) >= 11 is 1.80. The Balaban J connectivity index is 1.89. The zero-order valence-electron chi connectivity index (χ0n) is 10.1. The lowest BCUT2D eigenvalue weighted by atomic mass is 10.0. The number of nitrogens with zero attached hydrogens (tertiary/aromatic N) is 2. The topological polar surface area (TPSA) is 53.4 Å². The molecule has 0 radical (unpaired) electrons. The van der Waals surface area contributed by atoms with Crippen LogP contribution in [-0.4, -0.2) is 34.6 Å². The van der Waals surface area contributed by atoms with Gasteiger partial charge in [0.25, 0.3) is 0 Å². The van der Waals surface area contributed by atoms with Gasteiger partial charge < -0.3 is 5.11 Å². The Labute approximate surface area is 105 Å². The molecular formula is C12H18N2O2S. The molecule has 4 nitrogen and oxygen atoms in total. The molecule has 1 aromatic heterocycles. The van der Waals surface area contributed by atoms with Gasteiger partial charge in [-0.3, -0.25) is 9.69 Å². The molecule has 0 atom stereocenters. The largest absolute Gasteiger partial charge is 0.481 e. The summed E-state index contributed by atoms with van der Waals surface area (Å²) in [6.07, 6.45) is 5.02.